The zero-order valence-electron chi connectivity index (χ0n) is 10.4. The van der Waals surface area contributed by atoms with Crippen LogP contribution in [0.3, 0.4) is 0 Å². The second kappa shape index (κ2) is 5.55. The average molecular weight is 274 g/mol. The van der Waals surface area contributed by atoms with Gasteiger partial charge in [-0.05, 0) is 25.7 Å². The second-order valence-corrected chi connectivity index (χ2v) is 5.15. The predicted octanol–water partition coefficient (Wildman–Crippen LogP) is 2.11. The first kappa shape index (κ1) is 13.8. The van der Waals surface area contributed by atoms with Crippen molar-refractivity contribution in [3.8, 4) is 0 Å². The Hall–Kier alpha value is -0.650. The third kappa shape index (κ3) is 2.27. The Morgan fingerprint density at radius 1 is 1.28 bits per heavy atom. The molecule has 1 aromatic heterocycles. The van der Waals surface area contributed by atoms with Crippen molar-refractivity contribution in [3.63, 3.8) is 0 Å². The Kier molecular flexibility index (Phi) is 4.25. The monoisotopic (exact) mass is 273 g/mol. The Bertz CT molecular complexity index is 384. The van der Waals surface area contributed by atoms with Crippen LogP contribution in [0, 0.1) is 0 Å². The predicted molar refractivity (Wildman–Crippen MR) is 68.7 cm³/mol. The topological polar surface area (TPSA) is 74.2 Å². The van der Waals surface area contributed by atoms with Crippen molar-refractivity contribution < 1.29 is 9.26 Å². The van der Waals surface area contributed by atoms with Gasteiger partial charge in [-0.1, -0.05) is 18.0 Å². The summed E-state index contributed by atoms with van der Waals surface area (Å²) >= 11 is 0. The molecule has 1 aliphatic heterocycles. The molecular formula is C12H20ClN3O2. The fourth-order valence-corrected chi connectivity index (χ4v) is 2.92. The lowest BCUT2D eigenvalue weighted by atomic mass is 9.86. The highest BCUT2D eigenvalue weighted by Crippen LogP contribution is 2.40. The molecule has 0 radical (unpaired) electrons. The van der Waals surface area contributed by atoms with Gasteiger partial charge < -0.3 is 15.0 Å². The van der Waals surface area contributed by atoms with Crippen LogP contribution in [0.25, 0.3) is 0 Å². The number of rotatable bonds is 3. The van der Waals surface area contributed by atoms with Crippen molar-refractivity contribution in [2.45, 2.75) is 50.0 Å². The molecule has 0 bridgehead atoms. The summed E-state index contributed by atoms with van der Waals surface area (Å²) in [5.41, 5.74) is 5.84. The van der Waals surface area contributed by atoms with Gasteiger partial charge in [-0.15, -0.1) is 12.4 Å². The molecule has 1 aliphatic carbocycles. The van der Waals surface area contributed by atoms with Crippen molar-refractivity contribution >= 4 is 12.4 Å². The van der Waals surface area contributed by atoms with E-state index in [9.17, 15) is 0 Å². The average Bonchev–Trinajstić information content (AvgIpc) is 3.10. The van der Waals surface area contributed by atoms with Crippen LogP contribution in [0.1, 0.15) is 56.3 Å². The van der Waals surface area contributed by atoms with E-state index in [2.05, 4.69) is 10.1 Å². The van der Waals surface area contributed by atoms with Crippen LogP contribution in [0.4, 0.5) is 0 Å². The molecule has 0 aromatic carbocycles. The van der Waals surface area contributed by atoms with Crippen LogP contribution >= 0.6 is 12.4 Å². The summed E-state index contributed by atoms with van der Waals surface area (Å²) in [6.45, 7) is 1.40. The molecule has 0 amide bonds. The van der Waals surface area contributed by atoms with E-state index < -0.39 is 0 Å². The maximum atomic E-state index is 5.90. The molecule has 5 nitrogen and oxygen atoms in total. The third-order valence-corrected chi connectivity index (χ3v) is 4.06. The Morgan fingerprint density at radius 2 is 2.06 bits per heavy atom. The summed E-state index contributed by atoms with van der Waals surface area (Å²) in [6, 6.07) is 0. The van der Waals surface area contributed by atoms with Crippen molar-refractivity contribution in [2.75, 3.05) is 13.2 Å². The molecule has 1 saturated carbocycles. The minimum absolute atomic E-state index is 0. The van der Waals surface area contributed by atoms with Gasteiger partial charge in [-0.2, -0.15) is 4.98 Å². The summed E-state index contributed by atoms with van der Waals surface area (Å²) in [4.78, 5) is 4.53. The molecule has 2 N–H and O–H groups in total. The van der Waals surface area contributed by atoms with E-state index in [1.54, 1.807) is 0 Å². The van der Waals surface area contributed by atoms with Crippen LogP contribution in [0.5, 0.6) is 0 Å². The minimum Gasteiger partial charge on any atom is -0.370 e. The first-order valence-electron chi connectivity index (χ1n) is 6.50. The molecule has 3 rings (SSSR count). The highest BCUT2D eigenvalue weighted by molar-refractivity contribution is 5.85. The lowest BCUT2D eigenvalue weighted by Crippen LogP contribution is -2.32. The SMILES string of the molecule is Cl.NCC1(c2nc(C3CCCO3)no2)CCCC1. The standard InChI is InChI=1S/C12H19N3O2.ClH/c13-8-12(5-1-2-6-12)11-14-10(15-17-11)9-4-3-7-16-9;/h9H,1-8,13H2;1H. The van der Waals surface area contributed by atoms with Gasteiger partial charge in [0.15, 0.2) is 0 Å². The molecular weight excluding hydrogens is 254 g/mol. The van der Waals surface area contributed by atoms with Crippen LogP contribution in [-0.4, -0.2) is 23.3 Å². The largest absolute Gasteiger partial charge is 0.370 e. The number of ether oxygens (including phenoxy) is 1. The molecule has 18 heavy (non-hydrogen) atoms. The van der Waals surface area contributed by atoms with Gasteiger partial charge in [0.05, 0.1) is 5.41 Å². The number of nitrogens with two attached hydrogens (primary N) is 1. The lowest BCUT2D eigenvalue weighted by molar-refractivity contribution is 0.103. The number of nitrogens with zero attached hydrogens (tertiary/aromatic N) is 2. The Morgan fingerprint density at radius 3 is 2.67 bits per heavy atom. The van der Waals surface area contributed by atoms with Gasteiger partial charge in [-0.3, -0.25) is 0 Å². The first-order chi connectivity index (χ1) is 8.34. The van der Waals surface area contributed by atoms with Crippen molar-refractivity contribution in [1.29, 1.82) is 0 Å². The molecule has 2 fully saturated rings. The number of aromatic nitrogens is 2. The second-order valence-electron chi connectivity index (χ2n) is 5.15. The van der Waals surface area contributed by atoms with Crippen LogP contribution in [0.15, 0.2) is 4.52 Å². The quantitative estimate of drug-likeness (QED) is 0.913. The third-order valence-electron chi connectivity index (χ3n) is 4.06. The fraction of sp³-hybridized carbons (Fsp3) is 0.833. The summed E-state index contributed by atoms with van der Waals surface area (Å²) in [6.07, 6.45) is 6.64. The molecule has 1 unspecified atom stereocenters. The van der Waals surface area contributed by atoms with Gasteiger partial charge in [0.25, 0.3) is 0 Å². The van der Waals surface area contributed by atoms with Crippen molar-refractivity contribution in [3.05, 3.63) is 11.7 Å². The van der Waals surface area contributed by atoms with Crippen LogP contribution < -0.4 is 5.73 Å². The van der Waals surface area contributed by atoms with Gasteiger partial charge in [0, 0.05) is 13.2 Å². The maximum absolute atomic E-state index is 5.90. The van der Waals surface area contributed by atoms with E-state index in [-0.39, 0.29) is 23.9 Å². The van der Waals surface area contributed by atoms with Gasteiger partial charge in [0.1, 0.15) is 6.10 Å². The van der Waals surface area contributed by atoms with E-state index in [1.807, 2.05) is 0 Å². The van der Waals surface area contributed by atoms with E-state index >= 15 is 0 Å². The highest BCUT2D eigenvalue weighted by atomic mass is 35.5. The lowest BCUT2D eigenvalue weighted by Gasteiger charge is -2.21. The molecule has 102 valence electrons. The van der Waals surface area contributed by atoms with Gasteiger partial charge in [0.2, 0.25) is 11.7 Å². The maximum Gasteiger partial charge on any atom is 0.234 e. The van der Waals surface area contributed by atoms with Crippen molar-refractivity contribution in [1.82, 2.24) is 10.1 Å². The number of hydrogen-bond acceptors (Lipinski definition) is 5. The van der Waals surface area contributed by atoms with E-state index in [0.29, 0.717) is 12.4 Å². The molecule has 2 aliphatic rings. The van der Waals surface area contributed by atoms with Gasteiger partial charge >= 0.3 is 0 Å². The molecule has 1 aromatic rings. The minimum atomic E-state index is -0.0656. The zero-order valence-corrected chi connectivity index (χ0v) is 11.2. The summed E-state index contributed by atoms with van der Waals surface area (Å²) < 4.78 is 11.0. The molecule has 6 heteroatoms. The summed E-state index contributed by atoms with van der Waals surface area (Å²) in [5.74, 6) is 1.43. The Labute approximate surface area is 113 Å². The number of halogens is 1. The van der Waals surface area contributed by atoms with Crippen molar-refractivity contribution in [2.24, 2.45) is 5.73 Å². The number of hydrogen-bond donors (Lipinski definition) is 1. The van der Waals surface area contributed by atoms with Crippen LogP contribution in [-0.2, 0) is 10.2 Å². The molecule has 2 heterocycles. The van der Waals surface area contributed by atoms with E-state index in [4.69, 9.17) is 15.0 Å². The molecule has 1 saturated heterocycles. The Balaban J connectivity index is 0.00000120. The van der Waals surface area contributed by atoms with Gasteiger partial charge in [-0.25, -0.2) is 0 Å². The van der Waals surface area contributed by atoms with Crippen LogP contribution in [0.2, 0.25) is 0 Å². The highest BCUT2D eigenvalue weighted by Gasteiger charge is 2.40. The fourth-order valence-electron chi connectivity index (χ4n) is 2.92. The summed E-state index contributed by atoms with van der Waals surface area (Å²) in [7, 11) is 0. The normalized spacial score (nSPS) is 26.2. The molecule has 0 spiro atoms. The van der Waals surface area contributed by atoms with E-state index in [1.165, 1.54) is 12.8 Å². The zero-order chi connectivity index (χ0) is 11.7. The summed E-state index contributed by atoms with van der Waals surface area (Å²) in [5, 5.41) is 4.07. The molecule has 1 atom stereocenters. The smallest absolute Gasteiger partial charge is 0.234 e. The van der Waals surface area contributed by atoms with E-state index in [0.717, 1.165) is 38.2 Å². The first-order valence-corrected chi connectivity index (χ1v) is 6.50.